The zero-order valence-electron chi connectivity index (χ0n) is 14.2. The first-order valence-corrected chi connectivity index (χ1v) is 9.03. The van der Waals surface area contributed by atoms with Crippen LogP contribution < -0.4 is 0 Å². The lowest BCUT2D eigenvalue weighted by Crippen LogP contribution is -2.19. The molecule has 0 rings (SSSR count). The van der Waals surface area contributed by atoms with Crippen LogP contribution in [0.25, 0.3) is 0 Å². The number of carbonyl (C=O) groups excluding carboxylic acids is 1. The first kappa shape index (κ1) is 20.4. The predicted octanol–water partition coefficient (Wildman–Crippen LogP) is 5.00. The topological polar surface area (TPSA) is 46.5 Å². The highest BCUT2D eigenvalue weighted by Crippen LogP contribution is 2.12. The summed E-state index contributed by atoms with van der Waals surface area (Å²) < 4.78 is 4.91. The number of aliphatic hydroxyl groups is 1. The van der Waals surface area contributed by atoms with E-state index in [0.717, 1.165) is 12.8 Å². The molecule has 21 heavy (non-hydrogen) atoms. The molecule has 1 N–H and O–H groups in total. The Morgan fingerprint density at radius 2 is 1.19 bits per heavy atom. The molecule has 0 fully saturated rings. The number of esters is 1. The first-order chi connectivity index (χ1) is 10.2. The fourth-order valence-corrected chi connectivity index (χ4v) is 2.41. The largest absolute Gasteiger partial charge is 0.464 e. The minimum absolute atomic E-state index is 0.446. The molecule has 0 heterocycles. The maximum Gasteiger partial charge on any atom is 0.334 e. The molecule has 0 aliphatic heterocycles. The van der Waals surface area contributed by atoms with Crippen molar-refractivity contribution in [3.8, 4) is 0 Å². The van der Waals surface area contributed by atoms with Gasteiger partial charge in [0.1, 0.15) is 6.10 Å². The number of hydrogen-bond donors (Lipinski definition) is 1. The zero-order valence-corrected chi connectivity index (χ0v) is 14.2. The number of rotatable bonds is 15. The predicted molar refractivity (Wildman–Crippen MR) is 88.3 cm³/mol. The normalized spacial score (nSPS) is 12.3. The Hall–Kier alpha value is -0.570. The van der Waals surface area contributed by atoms with Crippen LogP contribution >= 0.6 is 0 Å². The molecule has 0 amide bonds. The van der Waals surface area contributed by atoms with E-state index in [2.05, 4.69) is 6.92 Å². The van der Waals surface area contributed by atoms with Gasteiger partial charge in [-0.3, -0.25) is 0 Å². The third kappa shape index (κ3) is 15.6. The molecule has 0 spiro atoms. The van der Waals surface area contributed by atoms with Crippen molar-refractivity contribution < 1.29 is 14.6 Å². The average Bonchev–Trinajstić information content (AvgIpc) is 2.47. The summed E-state index contributed by atoms with van der Waals surface area (Å²) in [6, 6.07) is 0. The fraction of sp³-hybridized carbons (Fsp3) is 0.944. The van der Waals surface area contributed by atoms with E-state index in [1.165, 1.54) is 77.6 Å². The van der Waals surface area contributed by atoms with Gasteiger partial charge < -0.3 is 9.84 Å². The third-order valence-corrected chi connectivity index (χ3v) is 3.83. The van der Waals surface area contributed by atoms with Crippen LogP contribution in [0.3, 0.4) is 0 Å². The van der Waals surface area contributed by atoms with E-state index in [1.807, 2.05) is 0 Å². The third-order valence-electron chi connectivity index (χ3n) is 3.83. The highest BCUT2D eigenvalue weighted by molar-refractivity contribution is 5.73. The molecule has 0 aromatic rings. The molecular formula is C18H36O3. The quantitative estimate of drug-likeness (QED) is 0.342. The summed E-state index contributed by atoms with van der Waals surface area (Å²) in [4.78, 5) is 11.0. The molecule has 0 saturated carbocycles. The average molecular weight is 300 g/mol. The smallest absolute Gasteiger partial charge is 0.334 e. The lowest BCUT2D eigenvalue weighted by Gasteiger charge is -2.06. The van der Waals surface area contributed by atoms with E-state index in [9.17, 15) is 4.79 Å². The molecule has 0 aromatic carbocycles. The molecule has 0 radical (unpaired) electrons. The van der Waals surface area contributed by atoms with E-state index in [4.69, 9.17) is 9.84 Å². The fourth-order valence-electron chi connectivity index (χ4n) is 2.41. The van der Waals surface area contributed by atoms with E-state index in [-0.39, 0.29) is 0 Å². The first-order valence-electron chi connectivity index (χ1n) is 9.03. The summed E-state index contributed by atoms with van der Waals surface area (Å²) in [5, 5.41) is 8.95. The Morgan fingerprint density at radius 3 is 1.57 bits per heavy atom. The number of unbranched alkanes of at least 4 members (excludes halogenated alkanes) is 12. The van der Waals surface area contributed by atoms with Crippen molar-refractivity contribution >= 4 is 5.97 Å². The molecule has 3 heteroatoms. The van der Waals surface area contributed by atoms with Crippen LogP contribution in [0, 0.1) is 0 Å². The number of carbonyl (C=O) groups is 1. The van der Waals surface area contributed by atoms with Crippen molar-refractivity contribution in [1.29, 1.82) is 0 Å². The maximum absolute atomic E-state index is 11.0. The second-order valence-corrected chi connectivity index (χ2v) is 6.09. The highest BCUT2D eigenvalue weighted by Gasteiger charge is 2.08. The van der Waals surface area contributed by atoms with Crippen LogP contribution in [0.5, 0.6) is 0 Å². The summed E-state index contributed by atoms with van der Waals surface area (Å²) in [5.74, 6) is -0.506. The Labute approximate surface area is 131 Å². The van der Waals surface area contributed by atoms with Crippen molar-refractivity contribution in [2.45, 2.75) is 103 Å². The Kier molecular flexibility index (Phi) is 15.4. The second-order valence-electron chi connectivity index (χ2n) is 6.09. The minimum Gasteiger partial charge on any atom is -0.464 e. The molecule has 1 atom stereocenters. The number of aliphatic hydroxyl groups excluding tert-OH is 1. The summed E-state index contributed by atoms with van der Waals surface area (Å²) in [5.41, 5.74) is 0. The summed E-state index contributed by atoms with van der Waals surface area (Å²) in [7, 11) is 0. The molecule has 0 aliphatic carbocycles. The van der Waals surface area contributed by atoms with Gasteiger partial charge in [-0.15, -0.1) is 0 Å². The molecule has 1 unspecified atom stereocenters. The standard InChI is InChI=1S/C18H36O3/c1-3-4-5-6-7-8-9-10-11-12-13-14-15-16-21-18(20)17(2)19/h17,19H,3-16H2,1-2H3. The van der Waals surface area contributed by atoms with Gasteiger partial charge in [0.15, 0.2) is 0 Å². The van der Waals surface area contributed by atoms with E-state index in [1.54, 1.807) is 0 Å². The lowest BCUT2D eigenvalue weighted by atomic mass is 10.0. The maximum atomic E-state index is 11.0. The van der Waals surface area contributed by atoms with Gasteiger partial charge in [0.05, 0.1) is 6.61 Å². The van der Waals surface area contributed by atoms with Crippen molar-refractivity contribution in [1.82, 2.24) is 0 Å². The van der Waals surface area contributed by atoms with Gasteiger partial charge >= 0.3 is 5.97 Å². The van der Waals surface area contributed by atoms with Crippen molar-refractivity contribution in [3.63, 3.8) is 0 Å². The lowest BCUT2D eigenvalue weighted by molar-refractivity contribution is -0.152. The molecule has 3 nitrogen and oxygen atoms in total. The highest BCUT2D eigenvalue weighted by atomic mass is 16.5. The van der Waals surface area contributed by atoms with Crippen molar-refractivity contribution in [3.05, 3.63) is 0 Å². The van der Waals surface area contributed by atoms with Gasteiger partial charge in [-0.25, -0.2) is 4.79 Å². The van der Waals surface area contributed by atoms with Crippen LogP contribution in [0.2, 0.25) is 0 Å². The summed E-state index contributed by atoms with van der Waals surface area (Å²) >= 11 is 0. The van der Waals surface area contributed by atoms with Crippen LogP contribution in [-0.4, -0.2) is 23.8 Å². The van der Waals surface area contributed by atoms with E-state index >= 15 is 0 Å². The van der Waals surface area contributed by atoms with Gasteiger partial charge in [0.2, 0.25) is 0 Å². The minimum atomic E-state index is -0.994. The molecule has 126 valence electrons. The molecule has 0 saturated heterocycles. The Morgan fingerprint density at radius 1 is 0.810 bits per heavy atom. The van der Waals surface area contributed by atoms with Gasteiger partial charge in [-0.2, -0.15) is 0 Å². The molecule has 0 bridgehead atoms. The Bertz CT molecular complexity index is 227. The number of hydrogen-bond acceptors (Lipinski definition) is 3. The second kappa shape index (κ2) is 15.8. The van der Waals surface area contributed by atoms with Gasteiger partial charge in [-0.05, 0) is 13.3 Å². The van der Waals surface area contributed by atoms with Crippen molar-refractivity contribution in [2.75, 3.05) is 6.61 Å². The SMILES string of the molecule is CCCCCCCCCCCCCCCOC(=O)C(C)O. The summed E-state index contributed by atoms with van der Waals surface area (Å²) in [6.07, 6.45) is 16.0. The zero-order chi connectivity index (χ0) is 15.8. The van der Waals surface area contributed by atoms with Crippen LogP contribution in [0.15, 0.2) is 0 Å². The number of ether oxygens (including phenoxy) is 1. The van der Waals surface area contributed by atoms with E-state index < -0.39 is 12.1 Å². The molecule has 0 aliphatic rings. The summed E-state index contributed by atoms with van der Waals surface area (Å²) in [6.45, 7) is 4.14. The van der Waals surface area contributed by atoms with Crippen LogP contribution in [-0.2, 0) is 9.53 Å². The molecular weight excluding hydrogens is 264 g/mol. The van der Waals surface area contributed by atoms with Gasteiger partial charge in [-0.1, -0.05) is 84.0 Å². The Balaban J connectivity index is 3.04. The van der Waals surface area contributed by atoms with Crippen molar-refractivity contribution in [2.24, 2.45) is 0 Å². The van der Waals surface area contributed by atoms with E-state index in [0.29, 0.717) is 6.61 Å². The van der Waals surface area contributed by atoms with Gasteiger partial charge in [0.25, 0.3) is 0 Å². The van der Waals surface area contributed by atoms with Crippen LogP contribution in [0.4, 0.5) is 0 Å². The van der Waals surface area contributed by atoms with Crippen LogP contribution in [0.1, 0.15) is 97.3 Å². The molecule has 0 aromatic heterocycles. The monoisotopic (exact) mass is 300 g/mol. The van der Waals surface area contributed by atoms with Gasteiger partial charge in [0, 0.05) is 0 Å².